The molecule has 0 aliphatic carbocycles. The smallest absolute Gasteiger partial charge is 0.132 e. The number of nitrogens with zero attached hydrogens (tertiary/aromatic N) is 1. The molecule has 0 aliphatic rings. The van der Waals surface area contributed by atoms with E-state index in [1.54, 1.807) is 5.38 Å². The molecule has 2 N–H and O–H groups in total. The third-order valence-corrected chi connectivity index (χ3v) is 3.48. The molecule has 1 aromatic carbocycles. The number of benzene rings is 1. The first-order chi connectivity index (χ1) is 8.56. The van der Waals surface area contributed by atoms with Crippen LogP contribution in [0.2, 0.25) is 0 Å². The van der Waals surface area contributed by atoms with Crippen molar-refractivity contribution in [1.29, 1.82) is 0 Å². The van der Waals surface area contributed by atoms with Crippen LogP contribution in [0, 0.1) is 11.6 Å². The molecule has 1 atom stereocenters. The molecule has 0 aliphatic heterocycles. The zero-order valence-corrected chi connectivity index (χ0v) is 10.8. The van der Waals surface area contributed by atoms with Crippen LogP contribution in [0.4, 0.5) is 8.78 Å². The van der Waals surface area contributed by atoms with Crippen LogP contribution >= 0.6 is 11.3 Å². The highest BCUT2D eigenvalue weighted by atomic mass is 32.1. The van der Waals surface area contributed by atoms with Crippen molar-refractivity contribution in [3.8, 4) is 11.3 Å². The highest BCUT2D eigenvalue weighted by Crippen LogP contribution is 2.25. The number of thiazole rings is 1. The molecule has 2 rings (SSSR count). The topological polar surface area (TPSA) is 38.9 Å². The molecule has 18 heavy (non-hydrogen) atoms. The first kappa shape index (κ1) is 13.1. The molecule has 96 valence electrons. The van der Waals surface area contributed by atoms with E-state index < -0.39 is 11.6 Å². The lowest BCUT2D eigenvalue weighted by molar-refractivity contribution is 0.602. The zero-order chi connectivity index (χ0) is 13.1. The van der Waals surface area contributed by atoms with E-state index in [-0.39, 0.29) is 11.6 Å². The predicted octanol–water partition coefficient (Wildman–Crippen LogP) is 3.37. The molecule has 2 nitrogen and oxygen atoms in total. The Labute approximate surface area is 108 Å². The predicted molar refractivity (Wildman–Crippen MR) is 69.4 cm³/mol. The number of hydrogen-bond acceptors (Lipinski definition) is 3. The second-order valence-corrected chi connectivity index (χ2v) is 5.21. The summed E-state index contributed by atoms with van der Waals surface area (Å²) in [5.74, 6) is -0.919. The number of aromatic nitrogens is 1. The lowest BCUT2D eigenvalue weighted by Gasteiger charge is -2.01. The van der Waals surface area contributed by atoms with Crippen molar-refractivity contribution < 1.29 is 8.78 Å². The first-order valence-electron chi connectivity index (χ1n) is 5.71. The highest BCUT2D eigenvalue weighted by molar-refractivity contribution is 7.09. The van der Waals surface area contributed by atoms with E-state index in [2.05, 4.69) is 4.98 Å². The summed E-state index contributed by atoms with van der Waals surface area (Å²) in [5.41, 5.74) is 6.36. The Morgan fingerprint density at radius 1 is 1.39 bits per heavy atom. The largest absolute Gasteiger partial charge is 0.328 e. The van der Waals surface area contributed by atoms with Gasteiger partial charge in [0.15, 0.2) is 0 Å². The van der Waals surface area contributed by atoms with Gasteiger partial charge in [0.1, 0.15) is 11.6 Å². The highest BCUT2D eigenvalue weighted by Gasteiger charge is 2.10. The van der Waals surface area contributed by atoms with Crippen LogP contribution in [0.3, 0.4) is 0 Å². The van der Waals surface area contributed by atoms with Crippen molar-refractivity contribution in [2.45, 2.75) is 25.8 Å². The normalized spacial score (nSPS) is 12.7. The Hall–Kier alpha value is -1.33. The first-order valence-corrected chi connectivity index (χ1v) is 6.59. The van der Waals surface area contributed by atoms with E-state index in [9.17, 15) is 8.78 Å². The quantitative estimate of drug-likeness (QED) is 0.923. The van der Waals surface area contributed by atoms with Crippen LogP contribution in [0.15, 0.2) is 23.6 Å². The van der Waals surface area contributed by atoms with Gasteiger partial charge in [-0.2, -0.15) is 0 Å². The Bertz CT molecular complexity index is 538. The minimum atomic E-state index is -0.462. The van der Waals surface area contributed by atoms with Gasteiger partial charge in [0.25, 0.3) is 0 Å². The van der Waals surface area contributed by atoms with Gasteiger partial charge in [-0.15, -0.1) is 11.3 Å². The van der Waals surface area contributed by atoms with E-state index in [0.717, 1.165) is 30.0 Å². The summed E-state index contributed by atoms with van der Waals surface area (Å²) in [6.45, 7) is 1.93. The van der Waals surface area contributed by atoms with Crippen LogP contribution in [0.1, 0.15) is 18.4 Å². The zero-order valence-electron chi connectivity index (χ0n) is 9.99. The molecule has 0 radical (unpaired) electrons. The number of rotatable bonds is 4. The SMILES string of the molecule is CC(N)CCc1nc(-c2cc(F)ccc2F)cs1. The second kappa shape index (κ2) is 5.54. The number of aryl methyl sites for hydroxylation is 1. The van der Waals surface area contributed by atoms with Crippen LogP contribution in [-0.4, -0.2) is 11.0 Å². The molecular weight excluding hydrogens is 254 g/mol. The number of halogens is 2. The molecule has 0 fully saturated rings. The lowest BCUT2D eigenvalue weighted by atomic mass is 10.1. The molecule has 1 unspecified atom stereocenters. The van der Waals surface area contributed by atoms with E-state index in [0.29, 0.717) is 5.69 Å². The Balaban J connectivity index is 2.21. The Kier molecular flexibility index (Phi) is 4.04. The van der Waals surface area contributed by atoms with Crippen LogP contribution in [0.25, 0.3) is 11.3 Å². The summed E-state index contributed by atoms with van der Waals surface area (Å²) in [6.07, 6.45) is 1.60. The Morgan fingerprint density at radius 3 is 2.89 bits per heavy atom. The number of hydrogen-bond donors (Lipinski definition) is 1. The molecule has 0 amide bonds. The fraction of sp³-hybridized carbons (Fsp3) is 0.308. The van der Waals surface area contributed by atoms with Crippen LogP contribution < -0.4 is 5.73 Å². The fourth-order valence-corrected chi connectivity index (χ4v) is 2.41. The van der Waals surface area contributed by atoms with Crippen molar-refractivity contribution in [3.63, 3.8) is 0 Å². The molecule has 2 aromatic rings. The van der Waals surface area contributed by atoms with Gasteiger partial charge < -0.3 is 5.73 Å². The van der Waals surface area contributed by atoms with Crippen molar-refractivity contribution in [2.24, 2.45) is 5.73 Å². The van der Waals surface area contributed by atoms with Gasteiger partial charge in [0.2, 0.25) is 0 Å². The van der Waals surface area contributed by atoms with Crippen molar-refractivity contribution in [2.75, 3.05) is 0 Å². The van der Waals surface area contributed by atoms with Gasteiger partial charge in [-0.3, -0.25) is 0 Å². The molecule has 0 spiro atoms. The average molecular weight is 268 g/mol. The summed E-state index contributed by atoms with van der Waals surface area (Å²) in [7, 11) is 0. The third kappa shape index (κ3) is 3.11. The van der Waals surface area contributed by atoms with E-state index in [4.69, 9.17) is 5.73 Å². The molecule has 0 bridgehead atoms. The molecule has 5 heteroatoms. The maximum absolute atomic E-state index is 13.6. The van der Waals surface area contributed by atoms with Crippen molar-refractivity contribution >= 4 is 11.3 Å². The van der Waals surface area contributed by atoms with Gasteiger partial charge in [-0.1, -0.05) is 0 Å². The van der Waals surface area contributed by atoms with Gasteiger partial charge in [-0.05, 0) is 31.5 Å². The van der Waals surface area contributed by atoms with Gasteiger partial charge >= 0.3 is 0 Å². The van der Waals surface area contributed by atoms with Gasteiger partial charge in [0.05, 0.1) is 10.7 Å². The maximum Gasteiger partial charge on any atom is 0.132 e. The monoisotopic (exact) mass is 268 g/mol. The molecule has 0 saturated heterocycles. The summed E-state index contributed by atoms with van der Waals surface area (Å²) in [4.78, 5) is 4.31. The standard InChI is InChI=1S/C13H14F2N2S/c1-8(16)2-5-13-17-12(7-18-13)10-6-9(14)3-4-11(10)15/h3-4,6-8H,2,5,16H2,1H3. The summed E-state index contributed by atoms with van der Waals surface area (Å²) in [5, 5.41) is 2.64. The van der Waals surface area contributed by atoms with Gasteiger partial charge in [0, 0.05) is 23.4 Å². The molecule has 1 heterocycles. The van der Waals surface area contributed by atoms with Crippen molar-refractivity contribution in [3.05, 3.63) is 40.2 Å². The van der Waals surface area contributed by atoms with Crippen LogP contribution in [-0.2, 0) is 6.42 Å². The van der Waals surface area contributed by atoms with E-state index in [1.165, 1.54) is 17.4 Å². The van der Waals surface area contributed by atoms with Crippen molar-refractivity contribution in [1.82, 2.24) is 4.98 Å². The lowest BCUT2D eigenvalue weighted by Crippen LogP contribution is -2.15. The van der Waals surface area contributed by atoms with Crippen LogP contribution in [0.5, 0.6) is 0 Å². The third-order valence-electron chi connectivity index (χ3n) is 2.57. The average Bonchev–Trinajstić information content (AvgIpc) is 2.78. The minimum Gasteiger partial charge on any atom is -0.328 e. The minimum absolute atomic E-state index is 0.114. The second-order valence-electron chi connectivity index (χ2n) is 4.27. The van der Waals surface area contributed by atoms with Gasteiger partial charge in [-0.25, -0.2) is 13.8 Å². The Morgan fingerprint density at radius 2 is 2.17 bits per heavy atom. The molecule has 1 aromatic heterocycles. The summed E-state index contributed by atoms with van der Waals surface area (Å²) < 4.78 is 26.6. The van der Waals surface area contributed by atoms with E-state index in [1.807, 2.05) is 6.92 Å². The number of nitrogens with two attached hydrogens (primary N) is 1. The van der Waals surface area contributed by atoms with E-state index >= 15 is 0 Å². The fourth-order valence-electron chi connectivity index (χ4n) is 1.59. The summed E-state index contributed by atoms with van der Waals surface area (Å²) >= 11 is 1.45. The maximum atomic E-state index is 13.6. The molecule has 0 saturated carbocycles. The molecular formula is C13H14F2N2S. The summed E-state index contributed by atoms with van der Waals surface area (Å²) in [6, 6.07) is 3.50.